The van der Waals surface area contributed by atoms with Gasteiger partial charge in [0.05, 0.1) is 6.04 Å². The Morgan fingerprint density at radius 2 is 1.93 bits per heavy atom. The maximum Gasteiger partial charge on any atom is 0.280 e. The lowest BCUT2D eigenvalue weighted by atomic mass is 10.2. The largest absolute Gasteiger partial charge is 0.280 e. The molecule has 0 aliphatic carbocycles. The third-order valence-corrected chi connectivity index (χ3v) is 3.93. The Morgan fingerprint density at radius 1 is 1.36 bits per heavy atom. The van der Waals surface area contributed by atoms with Crippen molar-refractivity contribution in [3.63, 3.8) is 0 Å². The predicted octanol–water partition coefficient (Wildman–Crippen LogP) is 0.328. The van der Waals surface area contributed by atoms with Gasteiger partial charge in [-0.3, -0.25) is 0 Å². The monoisotopic (exact) mass is 216 g/mol. The molecule has 0 aromatic carbocycles. The zero-order valence-corrected chi connectivity index (χ0v) is 9.18. The quantitative estimate of drug-likeness (QED) is 0.691. The minimum absolute atomic E-state index is 0.443. The molecule has 1 rings (SSSR count). The van der Waals surface area contributed by atoms with Crippen molar-refractivity contribution < 1.29 is 8.42 Å². The van der Waals surface area contributed by atoms with Gasteiger partial charge >= 0.3 is 0 Å². The van der Waals surface area contributed by atoms with E-state index >= 15 is 0 Å². The standard InChI is InChI=1S/C9H16N2O2S/c1-3-9(2)10-14(12,13)11-7-5-4-6-8-11/h1,9-10H,4-8H2,2H3. The number of nitrogens with one attached hydrogen (secondary N) is 1. The van der Waals surface area contributed by atoms with E-state index in [2.05, 4.69) is 10.6 Å². The van der Waals surface area contributed by atoms with E-state index in [1.54, 1.807) is 6.92 Å². The summed E-state index contributed by atoms with van der Waals surface area (Å²) in [5, 5.41) is 0. The second kappa shape index (κ2) is 4.78. The summed E-state index contributed by atoms with van der Waals surface area (Å²) in [4.78, 5) is 0. The van der Waals surface area contributed by atoms with Crippen molar-refractivity contribution in [3.05, 3.63) is 0 Å². The molecule has 1 fully saturated rings. The zero-order valence-electron chi connectivity index (χ0n) is 8.36. The van der Waals surface area contributed by atoms with Gasteiger partial charge in [0.25, 0.3) is 10.2 Å². The second-order valence-corrected chi connectivity index (χ2v) is 5.17. The highest BCUT2D eigenvalue weighted by Crippen LogP contribution is 2.11. The molecule has 0 radical (unpaired) electrons. The van der Waals surface area contributed by atoms with E-state index in [0.29, 0.717) is 13.1 Å². The van der Waals surface area contributed by atoms with Crippen molar-refractivity contribution in [2.75, 3.05) is 13.1 Å². The molecule has 0 bridgehead atoms. The van der Waals surface area contributed by atoms with E-state index < -0.39 is 16.3 Å². The van der Waals surface area contributed by atoms with Gasteiger partial charge < -0.3 is 0 Å². The van der Waals surface area contributed by atoms with Crippen LogP contribution in [-0.2, 0) is 10.2 Å². The molecule has 80 valence electrons. The minimum Gasteiger partial charge on any atom is -0.195 e. The van der Waals surface area contributed by atoms with Crippen LogP contribution in [0.2, 0.25) is 0 Å². The highest BCUT2D eigenvalue weighted by molar-refractivity contribution is 7.87. The molecule has 1 N–H and O–H groups in total. The molecule has 0 spiro atoms. The normalized spacial score (nSPS) is 21.4. The van der Waals surface area contributed by atoms with Gasteiger partial charge in [-0.2, -0.15) is 17.4 Å². The Balaban J connectivity index is 2.60. The van der Waals surface area contributed by atoms with E-state index in [4.69, 9.17) is 6.42 Å². The average molecular weight is 216 g/mol. The summed E-state index contributed by atoms with van der Waals surface area (Å²) >= 11 is 0. The van der Waals surface area contributed by atoms with Crippen molar-refractivity contribution in [2.45, 2.75) is 32.2 Å². The number of terminal acetylenes is 1. The highest BCUT2D eigenvalue weighted by Gasteiger charge is 2.24. The van der Waals surface area contributed by atoms with Gasteiger partial charge in [-0.25, -0.2) is 0 Å². The van der Waals surface area contributed by atoms with Gasteiger partial charge in [0.1, 0.15) is 0 Å². The summed E-state index contributed by atoms with van der Waals surface area (Å²) in [5.41, 5.74) is 0. The van der Waals surface area contributed by atoms with Gasteiger partial charge in [-0.1, -0.05) is 12.3 Å². The van der Waals surface area contributed by atoms with Crippen molar-refractivity contribution in [1.82, 2.24) is 9.03 Å². The fourth-order valence-corrected chi connectivity index (χ4v) is 2.84. The number of hydrogen-bond donors (Lipinski definition) is 1. The molecule has 1 heterocycles. The van der Waals surface area contributed by atoms with Crippen LogP contribution in [0.5, 0.6) is 0 Å². The van der Waals surface area contributed by atoms with Gasteiger partial charge in [-0.15, -0.1) is 6.42 Å². The average Bonchev–Trinajstić information content (AvgIpc) is 2.18. The van der Waals surface area contributed by atoms with Crippen molar-refractivity contribution in [2.24, 2.45) is 0 Å². The summed E-state index contributed by atoms with van der Waals surface area (Å²) in [6.07, 6.45) is 8.09. The third kappa shape index (κ3) is 2.98. The van der Waals surface area contributed by atoms with Gasteiger partial charge in [0.2, 0.25) is 0 Å². The molecule has 0 aromatic heterocycles. The SMILES string of the molecule is C#CC(C)NS(=O)(=O)N1CCCCC1. The summed E-state index contributed by atoms with van der Waals surface area (Å²) in [6.45, 7) is 2.86. The van der Waals surface area contributed by atoms with Crippen molar-refractivity contribution >= 4 is 10.2 Å². The molecule has 14 heavy (non-hydrogen) atoms. The maximum absolute atomic E-state index is 11.7. The second-order valence-electron chi connectivity index (χ2n) is 3.47. The molecule has 1 unspecified atom stereocenters. The van der Waals surface area contributed by atoms with E-state index in [1.807, 2.05) is 0 Å². The van der Waals surface area contributed by atoms with Crippen LogP contribution in [0, 0.1) is 12.3 Å². The first-order valence-electron chi connectivity index (χ1n) is 4.80. The number of piperidine rings is 1. The van der Waals surface area contributed by atoms with Crippen molar-refractivity contribution in [1.29, 1.82) is 0 Å². The smallest absolute Gasteiger partial charge is 0.195 e. The van der Waals surface area contributed by atoms with Crippen LogP contribution in [0.15, 0.2) is 0 Å². The summed E-state index contributed by atoms with van der Waals surface area (Å²) < 4.78 is 27.2. The zero-order chi connectivity index (χ0) is 10.6. The Morgan fingerprint density at radius 3 is 2.43 bits per heavy atom. The number of rotatable bonds is 3. The van der Waals surface area contributed by atoms with Crippen molar-refractivity contribution in [3.8, 4) is 12.3 Å². The molecule has 1 saturated heterocycles. The van der Waals surface area contributed by atoms with Gasteiger partial charge in [-0.05, 0) is 19.8 Å². The molecule has 0 aromatic rings. The lowest BCUT2D eigenvalue weighted by Crippen LogP contribution is -2.46. The fourth-order valence-electron chi connectivity index (χ4n) is 1.44. The van der Waals surface area contributed by atoms with Crippen LogP contribution in [0.25, 0.3) is 0 Å². The number of nitrogens with zero attached hydrogens (tertiary/aromatic N) is 1. The first kappa shape index (κ1) is 11.5. The predicted molar refractivity (Wildman–Crippen MR) is 55.8 cm³/mol. The molecule has 0 amide bonds. The third-order valence-electron chi connectivity index (χ3n) is 2.23. The van der Waals surface area contributed by atoms with E-state index in [9.17, 15) is 8.42 Å². The Labute approximate surface area is 85.9 Å². The lowest BCUT2D eigenvalue weighted by Gasteiger charge is -2.26. The molecule has 4 nitrogen and oxygen atoms in total. The van der Waals surface area contributed by atoms with E-state index in [0.717, 1.165) is 19.3 Å². The van der Waals surface area contributed by atoms with Crippen LogP contribution in [-0.4, -0.2) is 31.9 Å². The first-order valence-corrected chi connectivity index (χ1v) is 6.24. The Bertz CT molecular complexity index is 312. The summed E-state index contributed by atoms with van der Waals surface area (Å²) in [6, 6.07) is -0.443. The summed E-state index contributed by atoms with van der Waals surface area (Å²) in [5.74, 6) is 2.34. The van der Waals surface area contributed by atoms with E-state index in [-0.39, 0.29) is 0 Å². The Hall–Kier alpha value is -0.570. The molecule has 0 saturated carbocycles. The summed E-state index contributed by atoms with van der Waals surface area (Å²) in [7, 11) is -3.35. The fraction of sp³-hybridized carbons (Fsp3) is 0.778. The minimum atomic E-state index is -3.35. The molecule has 1 aliphatic heterocycles. The van der Waals surface area contributed by atoms with Crippen LogP contribution < -0.4 is 4.72 Å². The molecular formula is C9H16N2O2S. The van der Waals surface area contributed by atoms with Gasteiger partial charge in [0.15, 0.2) is 0 Å². The van der Waals surface area contributed by atoms with E-state index in [1.165, 1.54) is 4.31 Å². The first-order chi connectivity index (χ1) is 6.56. The van der Waals surface area contributed by atoms with Crippen LogP contribution in [0.3, 0.4) is 0 Å². The number of hydrogen-bond acceptors (Lipinski definition) is 2. The lowest BCUT2D eigenvalue weighted by molar-refractivity contribution is 0.341. The van der Waals surface area contributed by atoms with Crippen LogP contribution in [0.4, 0.5) is 0 Å². The maximum atomic E-state index is 11.7. The molecule has 1 aliphatic rings. The molecule has 5 heteroatoms. The Kier molecular flexibility index (Phi) is 3.93. The highest BCUT2D eigenvalue weighted by atomic mass is 32.2. The van der Waals surface area contributed by atoms with Crippen LogP contribution in [0.1, 0.15) is 26.2 Å². The molecular weight excluding hydrogens is 200 g/mol. The van der Waals surface area contributed by atoms with Gasteiger partial charge in [0, 0.05) is 13.1 Å². The molecule has 1 atom stereocenters. The van der Waals surface area contributed by atoms with Crippen LogP contribution >= 0.6 is 0 Å². The topological polar surface area (TPSA) is 49.4 Å².